The van der Waals surface area contributed by atoms with Crippen LogP contribution < -0.4 is 22.5 Å². The summed E-state index contributed by atoms with van der Waals surface area (Å²) >= 11 is 0. The van der Waals surface area contributed by atoms with E-state index in [4.69, 9.17) is 4.52 Å². The molecule has 0 unspecified atom stereocenters. The van der Waals surface area contributed by atoms with Crippen molar-refractivity contribution >= 4 is 0 Å². The summed E-state index contributed by atoms with van der Waals surface area (Å²) in [5.41, 5.74) is -3.52. The Bertz CT molecular complexity index is 880. The number of hydrogen-bond donors (Lipinski definition) is 0. The highest BCUT2D eigenvalue weighted by Crippen LogP contribution is 1.94. The van der Waals surface area contributed by atoms with E-state index in [-0.39, 0.29) is 15.8 Å². The Hall–Kier alpha value is -2.64. The van der Waals surface area contributed by atoms with Crippen molar-refractivity contribution in [2.45, 2.75) is 13.8 Å². The monoisotopic (exact) mass is 252 g/mol. The lowest BCUT2D eigenvalue weighted by molar-refractivity contribution is 0.249. The van der Waals surface area contributed by atoms with Crippen LogP contribution in [-0.4, -0.2) is 9.15 Å². The molecule has 0 aliphatic carbocycles. The third kappa shape index (κ3) is 1.73. The maximum absolute atomic E-state index is 11.8. The van der Waals surface area contributed by atoms with Crippen molar-refractivity contribution in [2.75, 3.05) is 0 Å². The van der Waals surface area contributed by atoms with Gasteiger partial charge in [-0.2, -0.15) is 0 Å². The summed E-state index contributed by atoms with van der Waals surface area (Å²) < 4.78 is 10.1. The minimum atomic E-state index is -1.06. The summed E-state index contributed by atoms with van der Waals surface area (Å²) in [6.07, 6.45) is 0. The molecule has 0 spiro atoms. The Balaban J connectivity index is 3.38. The van der Waals surface area contributed by atoms with Crippen molar-refractivity contribution < 1.29 is 9.05 Å². The molecule has 2 aromatic rings. The van der Waals surface area contributed by atoms with E-state index in [1.807, 2.05) is 0 Å². The van der Waals surface area contributed by atoms with Crippen LogP contribution in [0.2, 0.25) is 0 Å². The second-order valence-corrected chi connectivity index (χ2v) is 3.54. The number of nitrogens with zero attached hydrogens (tertiary/aromatic N) is 2. The highest BCUT2D eigenvalue weighted by molar-refractivity contribution is 5.12. The van der Waals surface area contributed by atoms with E-state index in [0.29, 0.717) is 4.57 Å². The molecule has 2 heterocycles. The first-order valence-corrected chi connectivity index (χ1v) is 4.90. The molecule has 18 heavy (non-hydrogen) atoms. The van der Waals surface area contributed by atoms with E-state index >= 15 is 0 Å². The SMILES string of the molecule is Cc1c(C)n2oc(=O)ccc(=O)on(c1=O)c2=O. The predicted molar refractivity (Wildman–Crippen MR) is 58.7 cm³/mol. The maximum atomic E-state index is 11.8. The molecule has 0 aromatic carbocycles. The Labute approximate surface area is 97.9 Å². The van der Waals surface area contributed by atoms with Crippen LogP contribution >= 0.6 is 0 Å². The number of aromatic nitrogens is 2. The molecule has 0 aliphatic rings. The molecule has 0 aliphatic heterocycles. The third-order valence-electron chi connectivity index (χ3n) is 2.42. The minimum absolute atomic E-state index is 0.122. The van der Waals surface area contributed by atoms with Crippen LogP contribution in [0.15, 0.2) is 40.4 Å². The van der Waals surface area contributed by atoms with E-state index in [1.165, 1.54) is 13.8 Å². The fraction of sp³-hybridized carbons (Fsp3) is 0.200. The second-order valence-electron chi connectivity index (χ2n) is 3.54. The zero-order valence-electron chi connectivity index (χ0n) is 9.50. The summed E-state index contributed by atoms with van der Waals surface area (Å²) in [6.45, 7) is 2.84. The van der Waals surface area contributed by atoms with Crippen LogP contribution in [0.1, 0.15) is 11.3 Å². The smallest absolute Gasteiger partial charge is 0.327 e. The lowest BCUT2D eigenvalue weighted by atomic mass is 10.3. The van der Waals surface area contributed by atoms with Gasteiger partial charge in [0.15, 0.2) is 0 Å². The first kappa shape index (κ1) is 11.8. The molecule has 0 saturated carbocycles. The number of hydrogen-bond acceptors (Lipinski definition) is 6. The van der Waals surface area contributed by atoms with Gasteiger partial charge in [0.1, 0.15) is 0 Å². The van der Waals surface area contributed by atoms with Crippen LogP contribution in [0.25, 0.3) is 0 Å². The van der Waals surface area contributed by atoms with Crippen LogP contribution in [-0.2, 0) is 0 Å². The molecular formula is C10H8N2O6. The van der Waals surface area contributed by atoms with Gasteiger partial charge in [0.25, 0.3) is 5.56 Å². The number of fused-ring (bicyclic) bond motifs is 2. The van der Waals surface area contributed by atoms with E-state index in [2.05, 4.69) is 4.52 Å². The molecule has 2 aromatic heterocycles. The number of rotatable bonds is 0. The van der Waals surface area contributed by atoms with Gasteiger partial charge in [0, 0.05) is 17.7 Å². The summed E-state index contributed by atoms with van der Waals surface area (Å²) in [4.78, 5) is 46.0. The first-order valence-electron chi connectivity index (χ1n) is 4.90. The minimum Gasteiger partial charge on any atom is -0.327 e. The lowest BCUT2D eigenvalue weighted by Gasteiger charge is -2.00. The maximum Gasteiger partial charge on any atom is 0.398 e. The third-order valence-corrected chi connectivity index (χ3v) is 2.42. The Morgan fingerprint density at radius 1 is 0.889 bits per heavy atom. The molecule has 94 valence electrons. The van der Waals surface area contributed by atoms with E-state index in [0.717, 1.165) is 12.1 Å². The molecule has 0 radical (unpaired) electrons. The van der Waals surface area contributed by atoms with Gasteiger partial charge in [0.2, 0.25) is 0 Å². The quantitative estimate of drug-likeness (QED) is 0.586. The van der Waals surface area contributed by atoms with Crippen LogP contribution in [0.3, 0.4) is 0 Å². The molecule has 0 atom stereocenters. The molecule has 8 heteroatoms. The topological polar surface area (TPSA) is 103 Å². The Morgan fingerprint density at radius 3 is 1.94 bits per heavy atom. The van der Waals surface area contributed by atoms with Gasteiger partial charge in [-0.3, -0.25) is 4.79 Å². The van der Waals surface area contributed by atoms with E-state index in [1.54, 1.807) is 0 Å². The second kappa shape index (κ2) is 3.99. The zero-order valence-corrected chi connectivity index (χ0v) is 9.50. The van der Waals surface area contributed by atoms with Gasteiger partial charge < -0.3 is 9.05 Å². The largest absolute Gasteiger partial charge is 0.398 e. The summed E-state index contributed by atoms with van der Waals surface area (Å²) in [7, 11) is 0. The highest BCUT2D eigenvalue weighted by Gasteiger charge is 2.11. The van der Waals surface area contributed by atoms with Gasteiger partial charge in [-0.05, 0) is 13.8 Å². The first-order chi connectivity index (χ1) is 8.41. The van der Waals surface area contributed by atoms with Gasteiger partial charge in [-0.25, -0.2) is 14.4 Å². The fourth-order valence-electron chi connectivity index (χ4n) is 1.34. The molecule has 2 bridgehead atoms. The fourth-order valence-corrected chi connectivity index (χ4v) is 1.34. The van der Waals surface area contributed by atoms with Crippen molar-refractivity contribution in [3.8, 4) is 0 Å². The van der Waals surface area contributed by atoms with Crippen molar-refractivity contribution in [1.82, 2.24) is 9.15 Å². The average Bonchev–Trinajstić information content (AvgIpc) is 2.38. The molecule has 0 N–H and O–H groups in total. The molecular weight excluding hydrogens is 244 g/mol. The van der Waals surface area contributed by atoms with Gasteiger partial charge in [0.05, 0.1) is 5.69 Å². The lowest BCUT2D eigenvalue weighted by Crippen LogP contribution is -2.35. The standard InChI is InChI=1S/C10H8N2O6/c1-5-6(2)11-10(16)12(9(5)15)18-8(14)4-3-7(13)17-11/h3-4H,1-2H3. The van der Waals surface area contributed by atoms with E-state index < -0.39 is 22.5 Å². The predicted octanol–water partition coefficient (Wildman–Crippen LogP) is -1.16. The van der Waals surface area contributed by atoms with Crippen LogP contribution in [0.5, 0.6) is 0 Å². The average molecular weight is 252 g/mol. The highest BCUT2D eigenvalue weighted by atomic mass is 16.5. The Kier molecular flexibility index (Phi) is 2.62. The van der Waals surface area contributed by atoms with Crippen molar-refractivity contribution in [3.63, 3.8) is 0 Å². The van der Waals surface area contributed by atoms with Gasteiger partial charge in [-0.15, -0.1) is 4.57 Å². The van der Waals surface area contributed by atoms with Crippen LogP contribution in [0, 0.1) is 13.8 Å². The number of aryl methyl sites for hydroxylation is 1. The molecule has 0 fully saturated rings. The van der Waals surface area contributed by atoms with E-state index in [9.17, 15) is 19.2 Å². The summed E-state index contributed by atoms with van der Waals surface area (Å²) in [5.74, 6) is 0. The summed E-state index contributed by atoms with van der Waals surface area (Å²) in [5, 5.41) is 0. The summed E-state index contributed by atoms with van der Waals surface area (Å²) in [6, 6.07) is 1.56. The Morgan fingerprint density at radius 2 is 1.39 bits per heavy atom. The van der Waals surface area contributed by atoms with Crippen molar-refractivity contribution in [3.05, 3.63) is 65.1 Å². The van der Waals surface area contributed by atoms with Crippen molar-refractivity contribution in [2.24, 2.45) is 0 Å². The molecule has 0 amide bonds. The zero-order chi connectivity index (χ0) is 13.4. The van der Waals surface area contributed by atoms with Crippen LogP contribution in [0.4, 0.5) is 0 Å². The molecule has 8 nitrogen and oxygen atoms in total. The van der Waals surface area contributed by atoms with Gasteiger partial charge in [-0.1, -0.05) is 4.57 Å². The normalized spacial score (nSPS) is 10.6. The molecule has 0 saturated heterocycles. The van der Waals surface area contributed by atoms with Crippen molar-refractivity contribution in [1.29, 1.82) is 0 Å². The molecule has 2 rings (SSSR count). The van der Waals surface area contributed by atoms with Gasteiger partial charge >= 0.3 is 16.9 Å².